The van der Waals surface area contributed by atoms with Crippen molar-refractivity contribution in [2.45, 2.75) is 32.7 Å². The lowest BCUT2D eigenvalue weighted by atomic mass is 10.0. The first-order valence-electron chi connectivity index (χ1n) is 11.0. The highest BCUT2D eigenvalue weighted by molar-refractivity contribution is 6.22. The van der Waals surface area contributed by atoms with Crippen LogP contribution < -0.4 is 5.32 Å². The first kappa shape index (κ1) is 23.9. The monoisotopic (exact) mass is 445 g/mol. The molecule has 0 radical (unpaired) electrons. The number of nitrogens with one attached hydrogen (secondary N) is 1. The second-order valence-corrected chi connectivity index (χ2v) is 8.55. The molecule has 0 atom stereocenters. The molecule has 2 aliphatic rings. The van der Waals surface area contributed by atoms with Gasteiger partial charge in [-0.2, -0.15) is 0 Å². The molecule has 0 aromatic heterocycles. The van der Waals surface area contributed by atoms with Crippen LogP contribution in [0.15, 0.2) is 18.2 Å². The summed E-state index contributed by atoms with van der Waals surface area (Å²) in [4.78, 5) is 53.0. The molecule has 0 aliphatic carbocycles. The van der Waals surface area contributed by atoms with Crippen LogP contribution >= 0.6 is 0 Å². The molecule has 1 fully saturated rings. The molecule has 0 spiro atoms. The minimum Gasteiger partial charge on any atom is -0.382 e. The molecule has 2 heterocycles. The van der Waals surface area contributed by atoms with Crippen LogP contribution in [0.3, 0.4) is 0 Å². The molecule has 0 unspecified atom stereocenters. The summed E-state index contributed by atoms with van der Waals surface area (Å²) in [5.41, 5.74) is 0.963. The highest BCUT2D eigenvalue weighted by Crippen LogP contribution is 2.25. The average Bonchev–Trinajstić information content (AvgIpc) is 3.01. The number of carbonyl (C=O) groups excluding carboxylic acids is 4. The number of benzene rings is 1. The fourth-order valence-corrected chi connectivity index (χ4v) is 3.90. The van der Waals surface area contributed by atoms with E-state index < -0.39 is 0 Å². The summed E-state index contributed by atoms with van der Waals surface area (Å²) in [6, 6.07) is 4.56. The van der Waals surface area contributed by atoms with Crippen molar-refractivity contribution < 1.29 is 28.7 Å². The van der Waals surface area contributed by atoms with E-state index in [0.717, 1.165) is 0 Å². The number of amides is 4. The van der Waals surface area contributed by atoms with Gasteiger partial charge >= 0.3 is 0 Å². The predicted octanol–water partition coefficient (Wildman–Crippen LogP) is 1.32. The largest absolute Gasteiger partial charge is 0.382 e. The highest BCUT2D eigenvalue weighted by Gasteiger charge is 2.36. The van der Waals surface area contributed by atoms with Crippen molar-refractivity contribution in [1.29, 1.82) is 0 Å². The van der Waals surface area contributed by atoms with E-state index in [4.69, 9.17) is 9.47 Å². The van der Waals surface area contributed by atoms with E-state index in [9.17, 15) is 19.2 Å². The van der Waals surface area contributed by atoms with E-state index in [1.54, 1.807) is 24.1 Å². The number of hydrogen-bond acceptors (Lipinski definition) is 6. The second-order valence-electron chi connectivity index (χ2n) is 8.55. The Balaban J connectivity index is 1.53. The molecule has 3 rings (SSSR count). The van der Waals surface area contributed by atoms with Gasteiger partial charge in [-0.25, -0.2) is 0 Å². The zero-order valence-electron chi connectivity index (χ0n) is 18.9. The number of hydrogen-bond donors (Lipinski definition) is 1. The number of imide groups is 1. The topological polar surface area (TPSA) is 105 Å². The van der Waals surface area contributed by atoms with Gasteiger partial charge in [-0.15, -0.1) is 0 Å². The zero-order chi connectivity index (χ0) is 23.3. The van der Waals surface area contributed by atoms with Crippen molar-refractivity contribution in [2.24, 2.45) is 5.92 Å². The molecule has 0 saturated carbocycles. The molecular formula is C23H31N3O6. The van der Waals surface area contributed by atoms with E-state index in [0.29, 0.717) is 56.8 Å². The first-order chi connectivity index (χ1) is 15.3. The lowest BCUT2D eigenvalue weighted by molar-refractivity contribution is -0.137. The van der Waals surface area contributed by atoms with E-state index in [1.165, 1.54) is 11.0 Å². The van der Waals surface area contributed by atoms with Crippen LogP contribution in [0.25, 0.3) is 0 Å². The van der Waals surface area contributed by atoms with Gasteiger partial charge in [-0.1, -0.05) is 13.8 Å². The van der Waals surface area contributed by atoms with Crippen LogP contribution in [0.1, 0.15) is 57.8 Å². The molecule has 0 bridgehead atoms. The Bertz CT molecular complexity index is 876. The summed E-state index contributed by atoms with van der Waals surface area (Å²) in [5, 5.41) is 2.98. The summed E-state index contributed by atoms with van der Waals surface area (Å²) in [6.45, 7) is 6.15. The summed E-state index contributed by atoms with van der Waals surface area (Å²) in [5.74, 6) is -0.863. The van der Waals surface area contributed by atoms with Crippen molar-refractivity contribution in [3.05, 3.63) is 34.9 Å². The van der Waals surface area contributed by atoms with E-state index >= 15 is 0 Å². The molecule has 4 amide bonds. The summed E-state index contributed by atoms with van der Waals surface area (Å²) in [6.07, 6.45) is 1.28. The molecule has 1 aromatic rings. The van der Waals surface area contributed by atoms with Crippen LogP contribution in [0.4, 0.5) is 0 Å². The van der Waals surface area contributed by atoms with Crippen LogP contribution in [0.2, 0.25) is 0 Å². The van der Waals surface area contributed by atoms with Crippen molar-refractivity contribution in [2.75, 3.05) is 46.6 Å². The number of methoxy groups -OCH3 is 1. The Morgan fingerprint density at radius 1 is 1.09 bits per heavy atom. The van der Waals surface area contributed by atoms with Gasteiger partial charge in [0.2, 0.25) is 5.91 Å². The van der Waals surface area contributed by atoms with Crippen LogP contribution in [-0.2, 0) is 14.3 Å². The van der Waals surface area contributed by atoms with Crippen LogP contribution in [-0.4, -0.2) is 86.0 Å². The third-order valence-corrected chi connectivity index (χ3v) is 5.62. The lowest BCUT2D eigenvalue weighted by Gasteiger charge is -2.32. The smallest absolute Gasteiger partial charge is 0.261 e. The van der Waals surface area contributed by atoms with Gasteiger partial charge in [-0.05, 0) is 37.0 Å². The number of piperidine rings is 1. The number of fused-ring (bicyclic) bond motifs is 1. The maximum atomic E-state index is 12.7. The van der Waals surface area contributed by atoms with Crippen molar-refractivity contribution >= 4 is 23.6 Å². The van der Waals surface area contributed by atoms with Crippen molar-refractivity contribution in [1.82, 2.24) is 15.1 Å². The molecule has 1 aromatic carbocycles. The normalized spacial score (nSPS) is 16.6. The quantitative estimate of drug-likeness (QED) is 0.454. The summed E-state index contributed by atoms with van der Waals surface area (Å²) >= 11 is 0. The third-order valence-electron chi connectivity index (χ3n) is 5.62. The fourth-order valence-electron chi connectivity index (χ4n) is 3.90. The van der Waals surface area contributed by atoms with Gasteiger partial charge in [0.05, 0.1) is 24.3 Å². The molecule has 1 saturated heterocycles. The minimum absolute atomic E-state index is 0.0239. The molecule has 9 heteroatoms. The highest BCUT2D eigenvalue weighted by atomic mass is 16.5. The Kier molecular flexibility index (Phi) is 7.98. The van der Waals surface area contributed by atoms with E-state index in [-0.39, 0.29) is 47.8 Å². The lowest BCUT2D eigenvalue weighted by Crippen LogP contribution is -2.47. The minimum atomic E-state index is -0.354. The molecule has 32 heavy (non-hydrogen) atoms. The standard InChI is InChI=1S/C23H31N3O6/c1-15(2)13-26-22(29)18-5-4-16(12-19(18)23(26)30)21(28)24-17-6-8-25(9-7-17)20(27)14-32-11-10-31-3/h4-5,12,15,17H,6-11,13-14H2,1-3H3,(H,24,28). The summed E-state index contributed by atoms with van der Waals surface area (Å²) in [7, 11) is 1.58. The van der Waals surface area contributed by atoms with Crippen molar-refractivity contribution in [3.63, 3.8) is 0 Å². The van der Waals surface area contributed by atoms with Gasteiger partial charge in [0, 0.05) is 38.3 Å². The summed E-state index contributed by atoms with van der Waals surface area (Å²) < 4.78 is 10.2. The third kappa shape index (κ3) is 5.52. The molecular weight excluding hydrogens is 414 g/mol. The molecule has 2 aliphatic heterocycles. The SMILES string of the molecule is COCCOCC(=O)N1CCC(NC(=O)c2ccc3c(c2)C(=O)N(CC(C)C)C3=O)CC1. The van der Waals surface area contributed by atoms with Crippen molar-refractivity contribution in [3.8, 4) is 0 Å². The number of carbonyl (C=O) groups is 4. The Morgan fingerprint density at radius 2 is 1.78 bits per heavy atom. The zero-order valence-corrected chi connectivity index (χ0v) is 18.9. The number of rotatable bonds is 9. The van der Waals surface area contributed by atoms with Gasteiger partial charge in [0.1, 0.15) is 6.61 Å². The molecule has 174 valence electrons. The number of ether oxygens (including phenoxy) is 2. The van der Waals surface area contributed by atoms with Crippen LogP contribution in [0.5, 0.6) is 0 Å². The molecule has 1 N–H and O–H groups in total. The second kappa shape index (κ2) is 10.7. The maximum absolute atomic E-state index is 12.7. The van der Waals surface area contributed by atoms with E-state index in [1.807, 2.05) is 13.8 Å². The fraction of sp³-hybridized carbons (Fsp3) is 0.565. The van der Waals surface area contributed by atoms with Crippen LogP contribution in [0, 0.1) is 5.92 Å². The predicted molar refractivity (Wildman–Crippen MR) is 116 cm³/mol. The average molecular weight is 446 g/mol. The Morgan fingerprint density at radius 3 is 2.44 bits per heavy atom. The number of likely N-dealkylation sites (tertiary alicyclic amines) is 1. The Labute approximate surface area is 188 Å². The maximum Gasteiger partial charge on any atom is 0.261 e. The first-order valence-corrected chi connectivity index (χ1v) is 11.0. The van der Waals surface area contributed by atoms with Gasteiger partial charge in [0.25, 0.3) is 17.7 Å². The Hall–Kier alpha value is -2.78. The van der Waals surface area contributed by atoms with E-state index in [2.05, 4.69) is 5.32 Å². The van der Waals surface area contributed by atoms with Gasteiger partial charge in [0.15, 0.2) is 0 Å². The van der Waals surface area contributed by atoms with Gasteiger partial charge < -0.3 is 19.7 Å². The number of nitrogens with zero attached hydrogens (tertiary/aromatic N) is 2. The van der Waals surface area contributed by atoms with Gasteiger partial charge in [-0.3, -0.25) is 24.1 Å². The molecule has 9 nitrogen and oxygen atoms in total.